The first-order chi connectivity index (χ1) is 11.2. The smallest absolute Gasteiger partial charge is 0.406 e. The van der Waals surface area contributed by atoms with E-state index in [1.807, 2.05) is 0 Å². The average Bonchev–Trinajstić information content (AvgIpc) is 2.48. The maximum atomic E-state index is 12.1. The fourth-order valence-corrected chi connectivity index (χ4v) is 2.28. The lowest BCUT2D eigenvalue weighted by Crippen LogP contribution is -2.17. The van der Waals surface area contributed by atoms with Crippen molar-refractivity contribution >= 4 is 27.5 Å². The van der Waals surface area contributed by atoms with Crippen LogP contribution in [0.25, 0.3) is 0 Å². The summed E-state index contributed by atoms with van der Waals surface area (Å²) >= 11 is 3.29. The normalized spacial score (nSPS) is 11.2. The Labute approximate surface area is 144 Å². The molecule has 0 heterocycles. The number of ketones is 2. The number of halogens is 4. The number of carbonyl (C=O) groups excluding carboxylic acids is 2. The Hall–Kier alpha value is -2.15. The van der Waals surface area contributed by atoms with Crippen LogP contribution in [0, 0.1) is 0 Å². The van der Waals surface area contributed by atoms with Crippen LogP contribution in [-0.4, -0.2) is 17.9 Å². The summed E-state index contributed by atoms with van der Waals surface area (Å²) < 4.78 is 40.8. The van der Waals surface area contributed by atoms with Crippen molar-refractivity contribution in [2.75, 3.05) is 0 Å². The van der Waals surface area contributed by atoms with Crippen molar-refractivity contribution in [3.8, 4) is 5.75 Å². The van der Waals surface area contributed by atoms with Crippen LogP contribution < -0.4 is 4.74 Å². The van der Waals surface area contributed by atoms with Gasteiger partial charge in [0.1, 0.15) is 11.5 Å². The predicted molar refractivity (Wildman–Crippen MR) is 84.9 cm³/mol. The lowest BCUT2D eigenvalue weighted by atomic mass is 10.0. The van der Waals surface area contributed by atoms with Crippen molar-refractivity contribution in [1.29, 1.82) is 0 Å². The maximum Gasteiger partial charge on any atom is 0.573 e. The number of benzene rings is 2. The summed E-state index contributed by atoms with van der Waals surface area (Å²) in [5, 5.41) is 0. The molecular formula is C17H12BrF3O3. The monoisotopic (exact) mass is 400 g/mol. The standard InChI is InChI=1S/C17H12BrF3O3/c18-13-5-1-11(2-6-13)9-14(22)10-16(23)12-3-7-15(8-4-12)24-17(19,20)21/h1-8H,9-10H2. The molecule has 0 aliphatic heterocycles. The van der Waals surface area contributed by atoms with Crippen molar-refractivity contribution in [2.45, 2.75) is 19.2 Å². The summed E-state index contributed by atoms with van der Waals surface area (Å²) in [4.78, 5) is 23.9. The van der Waals surface area contributed by atoms with Crippen LogP contribution in [-0.2, 0) is 11.2 Å². The lowest BCUT2D eigenvalue weighted by Gasteiger charge is -2.09. The van der Waals surface area contributed by atoms with Crippen LogP contribution in [0.5, 0.6) is 5.75 Å². The molecule has 0 bridgehead atoms. The van der Waals surface area contributed by atoms with Crippen molar-refractivity contribution in [2.24, 2.45) is 0 Å². The van der Waals surface area contributed by atoms with Crippen molar-refractivity contribution in [3.05, 3.63) is 64.1 Å². The molecule has 0 amide bonds. The minimum Gasteiger partial charge on any atom is -0.406 e. The van der Waals surface area contributed by atoms with Gasteiger partial charge in [-0.25, -0.2) is 0 Å². The molecule has 0 aliphatic carbocycles. The van der Waals surface area contributed by atoms with Gasteiger partial charge >= 0.3 is 6.36 Å². The number of carbonyl (C=O) groups is 2. The van der Waals surface area contributed by atoms with Crippen LogP contribution >= 0.6 is 15.9 Å². The molecule has 0 aromatic heterocycles. The highest BCUT2D eigenvalue weighted by molar-refractivity contribution is 9.10. The van der Waals surface area contributed by atoms with Gasteiger partial charge in [0.25, 0.3) is 0 Å². The quantitative estimate of drug-likeness (QED) is 0.519. The first-order valence-corrected chi connectivity index (χ1v) is 7.67. The van der Waals surface area contributed by atoms with Gasteiger partial charge in [0.2, 0.25) is 0 Å². The Morgan fingerprint density at radius 1 is 0.958 bits per heavy atom. The van der Waals surface area contributed by atoms with Crippen molar-refractivity contribution in [3.63, 3.8) is 0 Å². The molecule has 2 rings (SSSR count). The molecule has 24 heavy (non-hydrogen) atoms. The second-order valence-electron chi connectivity index (χ2n) is 5.01. The molecule has 3 nitrogen and oxygen atoms in total. The topological polar surface area (TPSA) is 43.4 Å². The van der Waals surface area contributed by atoms with E-state index in [2.05, 4.69) is 20.7 Å². The van der Waals surface area contributed by atoms with Crippen LogP contribution in [0.1, 0.15) is 22.3 Å². The average molecular weight is 401 g/mol. The van der Waals surface area contributed by atoms with Crippen molar-refractivity contribution < 1.29 is 27.5 Å². The Morgan fingerprint density at radius 3 is 2.08 bits per heavy atom. The molecule has 0 unspecified atom stereocenters. The summed E-state index contributed by atoms with van der Waals surface area (Å²) in [6, 6.07) is 11.6. The van der Waals surface area contributed by atoms with Crippen LogP contribution in [0.3, 0.4) is 0 Å². The fourth-order valence-electron chi connectivity index (χ4n) is 2.02. The number of alkyl halides is 3. The Morgan fingerprint density at radius 2 is 1.54 bits per heavy atom. The van der Waals surface area contributed by atoms with Gasteiger partial charge in [-0.1, -0.05) is 28.1 Å². The number of hydrogen-bond acceptors (Lipinski definition) is 3. The molecule has 0 aliphatic rings. The van der Waals surface area contributed by atoms with E-state index in [-0.39, 0.29) is 24.2 Å². The van der Waals surface area contributed by atoms with Gasteiger partial charge in [0.05, 0.1) is 6.42 Å². The molecule has 7 heteroatoms. The zero-order valence-corrected chi connectivity index (χ0v) is 13.9. The van der Waals surface area contributed by atoms with E-state index in [9.17, 15) is 22.8 Å². The highest BCUT2D eigenvalue weighted by atomic mass is 79.9. The van der Waals surface area contributed by atoms with E-state index < -0.39 is 17.9 Å². The summed E-state index contributed by atoms with van der Waals surface area (Å²) in [5.74, 6) is -1.13. The van der Waals surface area contributed by atoms with E-state index in [1.54, 1.807) is 24.3 Å². The zero-order chi connectivity index (χ0) is 17.7. The van der Waals surface area contributed by atoms with Crippen LogP contribution in [0.15, 0.2) is 53.0 Å². The summed E-state index contributed by atoms with van der Waals surface area (Å²) in [6.45, 7) is 0. The van der Waals surface area contributed by atoms with Gasteiger partial charge in [-0.15, -0.1) is 13.2 Å². The third kappa shape index (κ3) is 5.81. The van der Waals surface area contributed by atoms with E-state index in [0.717, 1.165) is 22.2 Å². The minimum absolute atomic E-state index is 0.119. The van der Waals surface area contributed by atoms with Gasteiger partial charge in [0.15, 0.2) is 5.78 Å². The van der Waals surface area contributed by atoms with Crippen LogP contribution in [0.4, 0.5) is 13.2 Å². The molecule has 126 valence electrons. The molecule has 0 atom stereocenters. The highest BCUT2D eigenvalue weighted by Crippen LogP contribution is 2.23. The maximum absolute atomic E-state index is 12.1. The van der Waals surface area contributed by atoms with Crippen molar-refractivity contribution in [1.82, 2.24) is 0 Å². The zero-order valence-electron chi connectivity index (χ0n) is 12.3. The van der Waals surface area contributed by atoms with Gasteiger partial charge < -0.3 is 4.74 Å². The van der Waals surface area contributed by atoms with Gasteiger partial charge in [-0.3, -0.25) is 9.59 Å². The predicted octanol–water partition coefficient (Wildman–Crippen LogP) is 4.73. The molecule has 0 saturated carbocycles. The molecule has 2 aromatic rings. The van der Waals surface area contributed by atoms with Gasteiger partial charge in [-0.2, -0.15) is 0 Å². The molecule has 0 fully saturated rings. The third-order valence-corrected chi connectivity index (χ3v) is 3.61. The number of hydrogen-bond donors (Lipinski definition) is 0. The molecule has 0 saturated heterocycles. The Balaban J connectivity index is 1.94. The van der Waals surface area contributed by atoms with Gasteiger partial charge in [-0.05, 0) is 42.0 Å². The molecule has 0 radical (unpaired) electrons. The Bertz CT molecular complexity index is 722. The first-order valence-electron chi connectivity index (χ1n) is 6.88. The van der Waals surface area contributed by atoms with Gasteiger partial charge in [0, 0.05) is 16.5 Å². The summed E-state index contributed by atoms with van der Waals surface area (Å²) in [7, 11) is 0. The first kappa shape index (κ1) is 18.2. The third-order valence-electron chi connectivity index (χ3n) is 3.08. The SMILES string of the molecule is O=C(CC(=O)c1ccc(OC(F)(F)F)cc1)Cc1ccc(Br)cc1. The highest BCUT2D eigenvalue weighted by Gasteiger charge is 2.31. The minimum atomic E-state index is -4.79. The summed E-state index contributed by atoms with van der Waals surface area (Å²) in [5.41, 5.74) is 0.943. The number of ether oxygens (including phenoxy) is 1. The number of Topliss-reactive ketones (excluding diaryl/α,β-unsaturated/α-hetero) is 2. The second kappa shape index (κ2) is 7.61. The summed E-state index contributed by atoms with van der Waals surface area (Å²) in [6.07, 6.45) is -4.98. The van der Waals surface area contributed by atoms with E-state index in [1.165, 1.54) is 12.1 Å². The van der Waals surface area contributed by atoms with Crippen LogP contribution in [0.2, 0.25) is 0 Å². The van der Waals surface area contributed by atoms with E-state index in [0.29, 0.717) is 0 Å². The Kier molecular flexibility index (Phi) is 5.77. The largest absolute Gasteiger partial charge is 0.573 e. The molecule has 2 aromatic carbocycles. The lowest BCUT2D eigenvalue weighted by molar-refractivity contribution is -0.274. The molecule has 0 spiro atoms. The number of rotatable bonds is 6. The fraction of sp³-hybridized carbons (Fsp3) is 0.176. The molecular weight excluding hydrogens is 389 g/mol. The second-order valence-corrected chi connectivity index (χ2v) is 5.93. The van der Waals surface area contributed by atoms with E-state index in [4.69, 9.17) is 0 Å². The molecule has 0 N–H and O–H groups in total. The van der Waals surface area contributed by atoms with E-state index >= 15 is 0 Å².